The van der Waals surface area contributed by atoms with Gasteiger partial charge < -0.3 is 10.1 Å². The summed E-state index contributed by atoms with van der Waals surface area (Å²) in [6, 6.07) is 11.9. The van der Waals surface area contributed by atoms with Gasteiger partial charge in [-0.1, -0.05) is 39.7 Å². The van der Waals surface area contributed by atoms with E-state index in [9.17, 15) is 4.79 Å². The number of nitrogens with one attached hydrogen (secondary N) is 1. The fourth-order valence-corrected chi connectivity index (χ4v) is 2.94. The molecule has 0 aliphatic heterocycles. The molecule has 0 aliphatic rings. The molecule has 0 aromatic heterocycles. The highest BCUT2D eigenvalue weighted by Crippen LogP contribution is 2.22. The SMILES string of the molecule is Cc1cc(C)c(NC(=O)CCCOc2cccc(Br)c2)c(C)c1. The molecule has 0 atom stereocenters. The minimum atomic E-state index is 0.0258. The first kappa shape index (κ1) is 17.5. The Hall–Kier alpha value is -1.81. The molecule has 1 N–H and O–H groups in total. The van der Waals surface area contributed by atoms with E-state index in [0.717, 1.165) is 27.0 Å². The predicted octanol–water partition coefficient (Wildman–Crippen LogP) is 5.17. The van der Waals surface area contributed by atoms with Crippen molar-refractivity contribution in [2.75, 3.05) is 11.9 Å². The lowest BCUT2D eigenvalue weighted by Gasteiger charge is -2.13. The van der Waals surface area contributed by atoms with Crippen molar-refractivity contribution >= 4 is 27.5 Å². The van der Waals surface area contributed by atoms with E-state index >= 15 is 0 Å². The van der Waals surface area contributed by atoms with Gasteiger partial charge in [-0.2, -0.15) is 0 Å². The molecule has 0 radical (unpaired) electrons. The smallest absolute Gasteiger partial charge is 0.224 e. The van der Waals surface area contributed by atoms with Crippen molar-refractivity contribution in [2.45, 2.75) is 33.6 Å². The molecule has 1 amide bonds. The van der Waals surface area contributed by atoms with E-state index in [4.69, 9.17) is 4.74 Å². The molecule has 0 saturated heterocycles. The van der Waals surface area contributed by atoms with Crippen LogP contribution in [0.5, 0.6) is 5.75 Å². The van der Waals surface area contributed by atoms with Gasteiger partial charge in [0.2, 0.25) is 5.91 Å². The van der Waals surface area contributed by atoms with E-state index in [2.05, 4.69) is 40.3 Å². The van der Waals surface area contributed by atoms with Crippen molar-refractivity contribution in [3.05, 3.63) is 57.6 Å². The molecule has 23 heavy (non-hydrogen) atoms. The Bertz CT molecular complexity index is 675. The maximum atomic E-state index is 12.1. The van der Waals surface area contributed by atoms with E-state index in [1.165, 1.54) is 5.56 Å². The molecule has 0 saturated carbocycles. The quantitative estimate of drug-likeness (QED) is 0.707. The summed E-state index contributed by atoms with van der Waals surface area (Å²) >= 11 is 3.41. The van der Waals surface area contributed by atoms with Crippen LogP contribution in [0, 0.1) is 20.8 Å². The van der Waals surface area contributed by atoms with Gasteiger partial charge in [-0.25, -0.2) is 0 Å². The van der Waals surface area contributed by atoms with Crippen LogP contribution >= 0.6 is 15.9 Å². The number of hydrogen-bond acceptors (Lipinski definition) is 2. The van der Waals surface area contributed by atoms with Crippen LogP contribution in [0.2, 0.25) is 0 Å². The number of ether oxygens (including phenoxy) is 1. The van der Waals surface area contributed by atoms with Gasteiger partial charge in [0.15, 0.2) is 0 Å². The first-order valence-electron chi connectivity index (χ1n) is 7.72. The Kier molecular flexibility index (Phi) is 6.22. The summed E-state index contributed by atoms with van der Waals surface area (Å²) < 4.78 is 6.62. The summed E-state index contributed by atoms with van der Waals surface area (Å²) in [5.74, 6) is 0.836. The third-order valence-electron chi connectivity index (χ3n) is 3.55. The van der Waals surface area contributed by atoms with Crippen molar-refractivity contribution in [1.82, 2.24) is 0 Å². The Morgan fingerprint density at radius 1 is 1.13 bits per heavy atom. The molecular weight excluding hydrogens is 354 g/mol. The van der Waals surface area contributed by atoms with Crippen LogP contribution in [0.1, 0.15) is 29.5 Å². The number of hydrogen-bond donors (Lipinski definition) is 1. The molecule has 3 nitrogen and oxygen atoms in total. The number of amides is 1. The Morgan fingerprint density at radius 3 is 2.48 bits per heavy atom. The molecule has 2 aromatic carbocycles. The van der Waals surface area contributed by atoms with Crippen molar-refractivity contribution in [1.29, 1.82) is 0 Å². The van der Waals surface area contributed by atoms with Crippen LogP contribution in [-0.2, 0) is 4.79 Å². The molecule has 4 heteroatoms. The molecule has 122 valence electrons. The highest BCUT2D eigenvalue weighted by Gasteiger charge is 2.08. The van der Waals surface area contributed by atoms with E-state index in [0.29, 0.717) is 19.4 Å². The van der Waals surface area contributed by atoms with Crippen LogP contribution < -0.4 is 10.1 Å². The largest absolute Gasteiger partial charge is 0.494 e. The average molecular weight is 376 g/mol. The second kappa shape index (κ2) is 8.16. The van der Waals surface area contributed by atoms with Crippen LogP contribution in [0.4, 0.5) is 5.69 Å². The Balaban J connectivity index is 1.80. The average Bonchev–Trinajstić information content (AvgIpc) is 2.47. The minimum absolute atomic E-state index is 0.0258. The second-order valence-electron chi connectivity index (χ2n) is 5.73. The first-order valence-corrected chi connectivity index (χ1v) is 8.51. The summed E-state index contributed by atoms with van der Waals surface area (Å²) in [7, 11) is 0. The molecule has 0 aliphatic carbocycles. The van der Waals surface area contributed by atoms with Gasteiger partial charge in [0, 0.05) is 16.6 Å². The van der Waals surface area contributed by atoms with Gasteiger partial charge in [-0.3, -0.25) is 4.79 Å². The zero-order valence-corrected chi connectivity index (χ0v) is 15.4. The third kappa shape index (κ3) is 5.39. The van der Waals surface area contributed by atoms with E-state index in [1.54, 1.807) is 0 Å². The van der Waals surface area contributed by atoms with Gasteiger partial charge in [0.1, 0.15) is 5.75 Å². The lowest BCUT2D eigenvalue weighted by Crippen LogP contribution is -2.14. The second-order valence-corrected chi connectivity index (χ2v) is 6.65. The summed E-state index contributed by atoms with van der Waals surface area (Å²) in [5.41, 5.74) is 4.33. The molecule has 0 fully saturated rings. The van der Waals surface area contributed by atoms with Crippen molar-refractivity contribution in [3.63, 3.8) is 0 Å². The Morgan fingerprint density at radius 2 is 1.83 bits per heavy atom. The van der Waals surface area contributed by atoms with Crippen molar-refractivity contribution in [3.8, 4) is 5.75 Å². The van der Waals surface area contributed by atoms with Crippen LogP contribution in [0.3, 0.4) is 0 Å². The number of halogens is 1. The maximum Gasteiger partial charge on any atom is 0.224 e. The molecule has 0 heterocycles. The third-order valence-corrected chi connectivity index (χ3v) is 4.05. The molecule has 2 aromatic rings. The molecular formula is C19H22BrNO2. The van der Waals surface area contributed by atoms with Gasteiger partial charge >= 0.3 is 0 Å². The highest BCUT2D eigenvalue weighted by atomic mass is 79.9. The van der Waals surface area contributed by atoms with Gasteiger partial charge in [-0.05, 0) is 56.5 Å². The lowest BCUT2D eigenvalue weighted by molar-refractivity contribution is -0.116. The number of carbonyl (C=O) groups is 1. The van der Waals surface area contributed by atoms with Crippen LogP contribution in [-0.4, -0.2) is 12.5 Å². The normalized spacial score (nSPS) is 10.4. The lowest BCUT2D eigenvalue weighted by atomic mass is 10.0. The zero-order chi connectivity index (χ0) is 16.8. The number of anilines is 1. The van der Waals surface area contributed by atoms with Crippen LogP contribution in [0.25, 0.3) is 0 Å². The number of benzene rings is 2. The van der Waals surface area contributed by atoms with Gasteiger partial charge in [0.25, 0.3) is 0 Å². The molecule has 0 spiro atoms. The number of aryl methyl sites for hydroxylation is 3. The summed E-state index contributed by atoms with van der Waals surface area (Å²) in [6.45, 7) is 6.62. The van der Waals surface area contributed by atoms with Crippen molar-refractivity contribution in [2.24, 2.45) is 0 Å². The van der Waals surface area contributed by atoms with Crippen molar-refractivity contribution < 1.29 is 9.53 Å². The molecule has 2 rings (SSSR count). The number of carbonyl (C=O) groups excluding carboxylic acids is 1. The predicted molar refractivity (Wildman–Crippen MR) is 98.2 cm³/mol. The minimum Gasteiger partial charge on any atom is -0.494 e. The molecule has 0 unspecified atom stereocenters. The maximum absolute atomic E-state index is 12.1. The van der Waals surface area contributed by atoms with Crippen LogP contribution in [0.15, 0.2) is 40.9 Å². The summed E-state index contributed by atoms with van der Waals surface area (Å²) in [6.07, 6.45) is 1.13. The van der Waals surface area contributed by atoms with E-state index in [1.807, 2.05) is 38.1 Å². The first-order chi connectivity index (χ1) is 11.0. The molecule has 0 bridgehead atoms. The fraction of sp³-hybridized carbons (Fsp3) is 0.316. The monoisotopic (exact) mass is 375 g/mol. The fourth-order valence-electron chi connectivity index (χ4n) is 2.56. The standard InChI is InChI=1S/C19H22BrNO2/c1-13-10-14(2)19(15(3)11-13)21-18(22)8-5-9-23-17-7-4-6-16(20)12-17/h4,6-7,10-12H,5,8-9H2,1-3H3,(H,21,22). The summed E-state index contributed by atoms with van der Waals surface area (Å²) in [5, 5.41) is 3.01. The van der Waals surface area contributed by atoms with E-state index < -0.39 is 0 Å². The zero-order valence-electron chi connectivity index (χ0n) is 13.8. The Labute approximate surface area is 146 Å². The van der Waals surface area contributed by atoms with Gasteiger partial charge in [0.05, 0.1) is 6.61 Å². The van der Waals surface area contributed by atoms with E-state index in [-0.39, 0.29) is 5.91 Å². The number of rotatable bonds is 6. The van der Waals surface area contributed by atoms with Gasteiger partial charge in [-0.15, -0.1) is 0 Å². The highest BCUT2D eigenvalue weighted by molar-refractivity contribution is 9.10. The topological polar surface area (TPSA) is 38.3 Å². The summed E-state index contributed by atoms with van der Waals surface area (Å²) in [4.78, 5) is 12.1.